The molecule has 0 saturated heterocycles. The number of nitrogens with one attached hydrogen (secondary N) is 2. The minimum Gasteiger partial charge on any atom is -0.495 e. The van der Waals surface area contributed by atoms with Crippen LogP contribution in [0.3, 0.4) is 0 Å². The Labute approximate surface area is 131 Å². The number of amides is 1. The zero-order chi connectivity index (χ0) is 14.8. The average Bonchev–Trinajstić information content (AvgIpc) is 2.93. The number of para-hydroxylation sites is 1. The molecule has 1 amide bonds. The summed E-state index contributed by atoms with van der Waals surface area (Å²) in [4.78, 5) is 12.5. The van der Waals surface area contributed by atoms with E-state index in [1.807, 2.05) is 36.4 Å². The maximum Gasteiger partial charge on any atom is 0.233 e. The van der Waals surface area contributed by atoms with Crippen LogP contribution < -0.4 is 15.4 Å². The highest BCUT2D eigenvalue weighted by Gasteiger charge is 2.28. The number of anilines is 2. The largest absolute Gasteiger partial charge is 0.495 e. The summed E-state index contributed by atoms with van der Waals surface area (Å²) in [7, 11) is 1.60. The van der Waals surface area contributed by atoms with Crippen molar-refractivity contribution in [2.45, 2.75) is 5.92 Å². The summed E-state index contributed by atoms with van der Waals surface area (Å²) < 4.78 is 6.10. The monoisotopic (exact) mass is 346 g/mol. The number of rotatable bonds is 3. The van der Waals surface area contributed by atoms with Gasteiger partial charge in [-0.3, -0.25) is 4.79 Å². The molecule has 1 atom stereocenters. The van der Waals surface area contributed by atoms with Crippen molar-refractivity contribution in [3.63, 3.8) is 0 Å². The molecule has 1 unspecified atom stereocenters. The lowest BCUT2D eigenvalue weighted by Crippen LogP contribution is -2.22. The fraction of sp³-hybridized carbons (Fsp3) is 0.188. The van der Waals surface area contributed by atoms with Crippen LogP contribution in [0.4, 0.5) is 11.4 Å². The molecule has 4 nitrogen and oxygen atoms in total. The first-order valence-electron chi connectivity index (χ1n) is 6.66. The molecule has 108 valence electrons. The highest BCUT2D eigenvalue weighted by atomic mass is 79.9. The van der Waals surface area contributed by atoms with Gasteiger partial charge in [0.2, 0.25) is 5.91 Å². The van der Waals surface area contributed by atoms with Crippen LogP contribution in [0, 0.1) is 0 Å². The molecule has 0 bridgehead atoms. The Hall–Kier alpha value is -2.01. The lowest BCUT2D eigenvalue weighted by Gasteiger charge is -2.12. The number of fused-ring (bicyclic) bond motifs is 1. The van der Waals surface area contributed by atoms with Crippen molar-refractivity contribution >= 4 is 33.2 Å². The second kappa shape index (κ2) is 5.77. The van der Waals surface area contributed by atoms with E-state index < -0.39 is 0 Å². The van der Waals surface area contributed by atoms with Crippen molar-refractivity contribution in [3.05, 3.63) is 52.5 Å². The quantitative estimate of drug-likeness (QED) is 0.892. The van der Waals surface area contributed by atoms with E-state index >= 15 is 0 Å². The molecule has 1 aliphatic heterocycles. The van der Waals surface area contributed by atoms with Crippen LogP contribution in [-0.2, 0) is 4.79 Å². The normalized spacial score (nSPS) is 16.0. The van der Waals surface area contributed by atoms with Crippen molar-refractivity contribution in [1.29, 1.82) is 0 Å². The van der Waals surface area contributed by atoms with Crippen molar-refractivity contribution in [3.8, 4) is 5.75 Å². The lowest BCUT2D eigenvalue weighted by molar-refractivity contribution is -0.117. The molecule has 21 heavy (non-hydrogen) atoms. The zero-order valence-corrected chi connectivity index (χ0v) is 13.1. The van der Waals surface area contributed by atoms with Gasteiger partial charge >= 0.3 is 0 Å². The maximum atomic E-state index is 12.5. The Balaban J connectivity index is 1.79. The number of hydrogen-bond acceptors (Lipinski definition) is 3. The summed E-state index contributed by atoms with van der Waals surface area (Å²) in [6.07, 6.45) is 0. The van der Waals surface area contributed by atoms with Gasteiger partial charge in [-0.15, -0.1) is 0 Å². The third-order valence-electron chi connectivity index (χ3n) is 3.57. The molecule has 0 aromatic heterocycles. The van der Waals surface area contributed by atoms with Crippen LogP contribution in [0.15, 0.2) is 46.9 Å². The van der Waals surface area contributed by atoms with Gasteiger partial charge in [-0.2, -0.15) is 0 Å². The molecular formula is C16H15BrN2O2. The number of ether oxygens (including phenoxy) is 1. The van der Waals surface area contributed by atoms with Gasteiger partial charge in [0.25, 0.3) is 0 Å². The third-order valence-corrected chi connectivity index (χ3v) is 4.22. The molecule has 0 spiro atoms. The average molecular weight is 347 g/mol. The molecular weight excluding hydrogens is 332 g/mol. The molecule has 2 aromatic rings. The molecule has 2 aromatic carbocycles. The molecule has 0 saturated carbocycles. The minimum atomic E-state index is -0.171. The van der Waals surface area contributed by atoms with Crippen molar-refractivity contribution in [1.82, 2.24) is 0 Å². The first kappa shape index (κ1) is 13.9. The van der Waals surface area contributed by atoms with E-state index in [4.69, 9.17) is 4.74 Å². The van der Waals surface area contributed by atoms with Crippen LogP contribution in [0.25, 0.3) is 0 Å². The number of halogens is 1. The van der Waals surface area contributed by atoms with Crippen molar-refractivity contribution in [2.75, 3.05) is 24.3 Å². The number of methoxy groups -OCH3 is 1. The Morgan fingerprint density at radius 2 is 2.14 bits per heavy atom. The van der Waals surface area contributed by atoms with E-state index in [9.17, 15) is 4.79 Å². The maximum absolute atomic E-state index is 12.5. The van der Waals surface area contributed by atoms with Gasteiger partial charge in [0.15, 0.2) is 0 Å². The van der Waals surface area contributed by atoms with Gasteiger partial charge in [0.05, 0.1) is 17.5 Å². The first-order chi connectivity index (χ1) is 10.2. The summed E-state index contributed by atoms with van der Waals surface area (Å²) in [6.45, 7) is 0.624. The predicted octanol–water partition coefficient (Wildman–Crippen LogP) is 3.61. The Kier molecular flexibility index (Phi) is 3.84. The Bertz CT molecular complexity index is 688. The van der Waals surface area contributed by atoms with Gasteiger partial charge in [-0.25, -0.2) is 0 Å². The van der Waals surface area contributed by atoms with E-state index in [2.05, 4.69) is 26.6 Å². The summed E-state index contributed by atoms with van der Waals surface area (Å²) in [5, 5.41) is 6.20. The van der Waals surface area contributed by atoms with Gasteiger partial charge < -0.3 is 15.4 Å². The molecule has 2 N–H and O–H groups in total. The summed E-state index contributed by atoms with van der Waals surface area (Å²) in [6, 6.07) is 13.4. The summed E-state index contributed by atoms with van der Waals surface area (Å²) >= 11 is 3.40. The second-order valence-electron chi connectivity index (χ2n) is 4.86. The van der Waals surface area contributed by atoms with Gasteiger partial charge in [-0.05, 0) is 39.7 Å². The minimum absolute atomic E-state index is 0.0168. The first-order valence-corrected chi connectivity index (χ1v) is 7.45. The fourth-order valence-corrected chi connectivity index (χ4v) is 2.89. The zero-order valence-electron chi connectivity index (χ0n) is 11.5. The van der Waals surface area contributed by atoms with Crippen LogP contribution >= 0.6 is 15.9 Å². The SMILES string of the molecule is COc1cc(NC(=O)C2CNc3ccccc32)ccc1Br. The molecule has 0 radical (unpaired) electrons. The highest BCUT2D eigenvalue weighted by Crippen LogP contribution is 2.33. The van der Waals surface area contributed by atoms with E-state index in [-0.39, 0.29) is 11.8 Å². The predicted molar refractivity (Wildman–Crippen MR) is 87.0 cm³/mol. The van der Waals surface area contributed by atoms with E-state index in [1.165, 1.54) is 0 Å². The van der Waals surface area contributed by atoms with E-state index in [0.717, 1.165) is 21.4 Å². The molecule has 1 aliphatic rings. The highest BCUT2D eigenvalue weighted by molar-refractivity contribution is 9.10. The Morgan fingerprint density at radius 3 is 2.95 bits per heavy atom. The van der Waals surface area contributed by atoms with Gasteiger partial charge in [0, 0.05) is 24.0 Å². The molecule has 1 heterocycles. The van der Waals surface area contributed by atoms with Crippen molar-refractivity contribution in [2.24, 2.45) is 0 Å². The fourth-order valence-electron chi connectivity index (χ4n) is 2.48. The van der Waals surface area contributed by atoms with Crippen molar-refractivity contribution < 1.29 is 9.53 Å². The molecule has 5 heteroatoms. The Morgan fingerprint density at radius 1 is 1.33 bits per heavy atom. The number of carbonyl (C=O) groups excluding carboxylic acids is 1. The summed E-state index contributed by atoms with van der Waals surface area (Å²) in [5.74, 6) is 0.505. The topological polar surface area (TPSA) is 50.4 Å². The second-order valence-corrected chi connectivity index (χ2v) is 5.71. The standard InChI is InChI=1S/C16H15BrN2O2/c1-21-15-8-10(6-7-13(15)17)19-16(20)12-9-18-14-5-3-2-4-11(12)14/h2-8,12,18H,9H2,1H3,(H,19,20). The van der Waals surface area contributed by atoms with E-state index in [0.29, 0.717) is 12.3 Å². The summed E-state index contributed by atoms with van der Waals surface area (Å²) in [5.41, 5.74) is 2.80. The number of hydrogen-bond donors (Lipinski definition) is 2. The third kappa shape index (κ3) is 2.74. The lowest BCUT2D eigenvalue weighted by atomic mass is 10.0. The smallest absolute Gasteiger partial charge is 0.233 e. The number of carbonyl (C=O) groups is 1. The van der Waals surface area contributed by atoms with Crippen LogP contribution in [0.5, 0.6) is 5.75 Å². The van der Waals surface area contributed by atoms with Crippen LogP contribution in [-0.4, -0.2) is 19.6 Å². The molecule has 3 rings (SSSR count). The van der Waals surface area contributed by atoms with Gasteiger partial charge in [0.1, 0.15) is 5.75 Å². The number of benzene rings is 2. The van der Waals surface area contributed by atoms with Crippen LogP contribution in [0.2, 0.25) is 0 Å². The molecule has 0 fully saturated rings. The van der Waals surface area contributed by atoms with Gasteiger partial charge in [-0.1, -0.05) is 18.2 Å². The van der Waals surface area contributed by atoms with E-state index in [1.54, 1.807) is 13.2 Å². The molecule has 0 aliphatic carbocycles. The van der Waals surface area contributed by atoms with Crippen LogP contribution in [0.1, 0.15) is 11.5 Å².